The van der Waals surface area contributed by atoms with Gasteiger partial charge in [0.25, 0.3) is 5.91 Å². The maximum atomic E-state index is 11.3. The minimum atomic E-state index is -0.157. The van der Waals surface area contributed by atoms with Gasteiger partial charge in [-0.3, -0.25) is 4.79 Å². The summed E-state index contributed by atoms with van der Waals surface area (Å²) in [7, 11) is 1.68. The average Bonchev–Trinajstić information content (AvgIpc) is 2.37. The molecule has 0 aromatic heterocycles. The molecule has 19 heavy (non-hydrogen) atoms. The van der Waals surface area contributed by atoms with E-state index >= 15 is 0 Å². The summed E-state index contributed by atoms with van der Waals surface area (Å²) in [4.78, 5) is 11.3. The lowest BCUT2D eigenvalue weighted by atomic mass is 10.1. The Morgan fingerprint density at radius 3 is 3.11 bits per heavy atom. The zero-order valence-electron chi connectivity index (χ0n) is 11.2. The van der Waals surface area contributed by atoms with Crippen LogP contribution in [0.25, 0.3) is 0 Å². The van der Waals surface area contributed by atoms with Gasteiger partial charge < -0.3 is 25.8 Å². The molecule has 0 fully saturated rings. The van der Waals surface area contributed by atoms with Crippen LogP contribution in [-0.4, -0.2) is 32.8 Å². The highest BCUT2D eigenvalue weighted by Crippen LogP contribution is 2.35. The first-order valence-corrected chi connectivity index (χ1v) is 6.19. The van der Waals surface area contributed by atoms with Crippen LogP contribution < -0.4 is 21.1 Å². The number of nitrogens with two attached hydrogens (primary N) is 1. The van der Waals surface area contributed by atoms with Gasteiger partial charge in [-0.05, 0) is 12.0 Å². The zero-order valence-corrected chi connectivity index (χ0v) is 11.2. The third-order valence-electron chi connectivity index (χ3n) is 2.88. The molecule has 1 atom stereocenters. The van der Waals surface area contributed by atoms with E-state index in [1.807, 2.05) is 0 Å². The van der Waals surface area contributed by atoms with Crippen LogP contribution >= 0.6 is 0 Å². The monoisotopic (exact) mass is 265 g/mol. The summed E-state index contributed by atoms with van der Waals surface area (Å²) in [5.41, 5.74) is 7.98. The molecule has 1 amide bonds. The van der Waals surface area contributed by atoms with Crippen molar-refractivity contribution in [3.8, 4) is 5.75 Å². The molecular weight excluding hydrogens is 246 g/mol. The molecule has 1 heterocycles. The molecular formula is C13H19N3O3. The standard InChI is InChI=1S/C13H19N3O3/c1-8(6-18-2)5-15-10-4-11-12(3-9(10)14)19-7-13(17)16-11/h3-4,8,15H,5-7,14H2,1-2H3,(H,16,17). The molecule has 1 aliphatic rings. The highest BCUT2D eigenvalue weighted by Gasteiger charge is 2.18. The highest BCUT2D eigenvalue weighted by atomic mass is 16.5. The zero-order chi connectivity index (χ0) is 13.8. The Hall–Kier alpha value is -1.95. The number of nitrogens with one attached hydrogen (secondary N) is 2. The number of hydrogen-bond acceptors (Lipinski definition) is 5. The van der Waals surface area contributed by atoms with Gasteiger partial charge in [0.05, 0.1) is 23.7 Å². The van der Waals surface area contributed by atoms with Gasteiger partial charge in [-0.1, -0.05) is 6.92 Å². The largest absolute Gasteiger partial charge is 0.482 e. The maximum Gasteiger partial charge on any atom is 0.262 e. The number of nitrogen functional groups attached to an aromatic ring is 1. The fourth-order valence-electron chi connectivity index (χ4n) is 1.92. The van der Waals surface area contributed by atoms with Gasteiger partial charge in [0.1, 0.15) is 5.75 Å². The van der Waals surface area contributed by atoms with Crippen molar-refractivity contribution in [3.05, 3.63) is 12.1 Å². The fourth-order valence-corrected chi connectivity index (χ4v) is 1.92. The van der Waals surface area contributed by atoms with Crippen LogP contribution in [-0.2, 0) is 9.53 Å². The van der Waals surface area contributed by atoms with E-state index in [-0.39, 0.29) is 12.5 Å². The Kier molecular flexibility index (Phi) is 4.11. The lowest BCUT2D eigenvalue weighted by Crippen LogP contribution is -2.25. The van der Waals surface area contributed by atoms with Crippen molar-refractivity contribution in [2.45, 2.75) is 6.92 Å². The van der Waals surface area contributed by atoms with Crippen LogP contribution in [0.1, 0.15) is 6.92 Å². The molecule has 0 saturated heterocycles. The number of ether oxygens (including phenoxy) is 2. The number of carbonyl (C=O) groups is 1. The molecule has 1 aromatic carbocycles. The van der Waals surface area contributed by atoms with E-state index < -0.39 is 0 Å². The Balaban J connectivity index is 2.08. The number of benzene rings is 1. The van der Waals surface area contributed by atoms with E-state index in [0.717, 1.165) is 12.2 Å². The first kappa shape index (κ1) is 13.5. The summed E-state index contributed by atoms with van der Waals surface area (Å²) in [5.74, 6) is 0.815. The molecule has 1 unspecified atom stereocenters. The Labute approximate surface area is 112 Å². The maximum absolute atomic E-state index is 11.3. The first-order valence-electron chi connectivity index (χ1n) is 6.19. The van der Waals surface area contributed by atoms with Crippen LogP contribution in [0.15, 0.2) is 12.1 Å². The van der Waals surface area contributed by atoms with E-state index in [2.05, 4.69) is 17.6 Å². The molecule has 2 rings (SSSR count). The van der Waals surface area contributed by atoms with Crippen LogP contribution in [0.2, 0.25) is 0 Å². The number of hydrogen-bond donors (Lipinski definition) is 3. The number of amides is 1. The molecule has 6 heteroatoms. The van der Waals surface area contributed by atoms with Crippen LogP contribution in [0.5, 0.6) is 5.75 Å². The molecule has 104 valence electrons. The second-order valence-electron chi connectivity index (χ2n) is 4.71. The molecule has 4 N–H and O–H groups in total. The van der Waals surface area contributed by atoms with Gasteiger partial charge in [0.15, 0.2) is 6.61 Å². The van der Waals surface area contributed by atoms with E-state index in [1.165, 1.54) is 0 Å². The van der Waals surface area contributed by atoms with E-state index in [9.17, 15) is 4.79 Å². The Morgan fingerprint density at radius 2 is 2.37 bits per heavy atom. The van der Waals surface area contributed by atoms with Crippen LogP contribution in [0, 0.1) is 5.92 Å². The average molecular weight is 265 g/mol. The molecule has 0 spiro atoms. The van der Waals surface area contributed by atoms with Gasteiger partial charge >= 0.3 is 0 Å². The molecule has 0 saturated carbocycles. The third kappa shape index (κ3) is 3.29. The topological polar surface area (TPSA) is 85.6 Å². The Morgan fingerprint density at radius 1 is 1.58 bits per heavy atom. The summed E-state index contributed by atoms with van der Waals surface area (Å²) in [6, 6.07) is 3.51. The second-order valence-corrected chi connectivity index (χ2v) is 4.71. The van der Waals surface area contributed by atoms with Gasteiger partial charge in [0, 0.05) is 19.7 Å². The quantitative estimate of drug-likeness (QED) is 0.699. The first-order chi connectivity index (χ1) is 9.10. The smallest absolute Gasteiger partial charge is 0.262 e. The molecule has 0 aliphatic carbocycles. The Bertz CT molecular complexity index is 476. The summed E-state index contributed by atoms with van der Waals surface area (Å²) in [6.07, 6.45) is 0. The van der Waals surface area contributed by atoms with Gasteiger partial charge in [0.2, 0.25) is 0 Å². The highest BCUT2D eigenvalue weighted by molar-refractivity contribution is 5.97. The van der Waals surface area contributed by atoms with Crippen LogP contribution in [0.3, 0.4) is 0 Å². The summed E-state index contributed by atoms with van der Waals surface area (Å²) in [6.45, 7) is 3.53. The number of fused-ring (bicyclic) bond motifs is 1. The normalized spacial score (nSPS) is 15.2. The molecule has 1 aliphatic heterocycles. The minimum absolute atomic E-state index is 0.0318. The number of methoxy groups -OCH3 is 1. The van der Waals surface area contributed by atoms with Crippen molar-refractivity contribution in [1.82, 2.24) is 0 Å². The predicted octanol–water partition coefficient (Wildman–Crippen LogP) is 1.29. The molecule has 0 bridgehead atoms. The van der Waals surface area contributed by atoms with Crippen LogP contribution in [0.4, 0.5) is 17.1 Å². The van der Waals surface area contributed by atoms with E-state index in [1.54, 1.807) is 19.2 Å². The van der Waals surface area contributed by atoms with Crippen molar-refractivity contribution in [3.63, 3.8) is 0 Å². The number of anilines is 3. The third-order valence-corrected chi connectivity index (χ3v) is 2.88. The second kappa shape index (κ2) is 5.79. The van der Waals surface area contributed by atoms with Gasteiger partial charge in [-0.25, -0.2) is 0 Å². The fraction of sp³-hybridized carbons (Fsp3) is 0.462. The summed E-state index contributed by atoms with van der Waals surface area (Å²) >= 11 is 0. The SMILES string of the molecule is COCC(C)CNc1cc2c(cc1N)OCC(=O)N2. The summed E-state index contributed by atoms with van der Waals surface area (Å²) in [5, 5.41) is 6.01. The predicted molar refractivity (Wildman–Crippen MR) is 74.5 cm³/mol. The van der Waals surface area contributed by atoms with Gasteiger partial charge in [-0.15, -0.1) is 0 Å². The number of carbonyl (C=O) groups excluding carboxylic acids is 1. The van der Waals surface area contributed by atoms with Crippen molar-refractivity contribution in [2.75, 3.05) is 43.2 Å². The van der Waals surface area contributed by atoms with E-state index in [0.29, 0.717) is 29.6 Å². The lowest BCUT2D eigenvalue weighted by molar-refractivity contribution is -0.118. The molecule has 6 nitrogen and oxygen atoms in total. The summed E-state index contributed by atoms with van der Waals surface area (Å²) < 4.78 is 10.4. The lowest BCUT2D eigenvalue weighted by Gasteiger charge is -2.21. The van der Waals surface area contributed by atoms with E-state index in [4.69, 9.17) is 15.2 Å². The minimum Gasteiger partial charge on any atom is -0.482 e. The van der Waals surface area contributed by atoms with Crippen molar-refractivity contribution in [2.24, 2.45) is 5.92 Å². The van der Waals surface area contributed by atoms with Gasteiger partial charge in [-0.2, -0.15) is 0 Å². The number of rotatable bonds is 5. The molecule has 1 aromatic rings. The van der Waals surface area contributed by atoms with Crippen molar-refractivity contribution >= 4 is 23.0 Å². The molecule has 0 radical (unpaired) electrons. The van der Waals surface area contributed by atoms with Crippen molar-refractivity contribution in [1.29, 1.82) is 0 Å². The van der Waals surface area contributed by atoms with Crippen molar-refractivity contribution < 1.29 is 14.3 Å².